The van der Waals surface area contributed by atoms with E-state index in [0.29, 0.717) is 0 Å². The summed E-state index contributed by atoms with van der Waals surface area (Å²) in [5.74, 6) is 0. The van der Waals surface area contributed by atoms with E-state index >= 15 is 0 Å². The van der Waals surface area contributed by atoms with Gasteiger partial charge < -0.3 is 5.32 Å². The Hall–Kier alpha value is -1.74. The highest BCUT2D eigenvalue weighted by Crippen LogP contribution is 2.24. The van der Waals surface area contributed by atoms with E-state index in [9.17, 15) is 0 Å². The predicted molar refractivity (Wildman–Crippen MR) is 78.2 cm³/mol. The molecule has 100 valence electrons. The van der Waals surface area contributed by atoms with Gasteiger partial charge in [-0.3, -0.25) is 9.97 Å². The lowest BCUT2D eigenvalue weighted by Gasteiger charge is -2.20. The number of benzene rings is 1. The Labute approximate surface area is 115 Å². The summed E-state index contributed by atoms with van der Waals surface area (Å²) in [5, 5.41) is 3.50. The highest BCUT2D eigenvalue weighted by atomic mass is 14.9. The van der Waals surface area contributed by atoms with Crippen molar-refractivity contribution in [1.82, 2.24) is 15.3 Å². The van der Waals surface area contributed by atoms with Crippen LogP contribution in [0.25, 0.3) is 0 Å². The second-order valence-electron chi connectivity index (χ2n) is 4.86. The van der Waals surface area contributed by atoms with Crippen molar-refractivity contribution in [3.05, 3.63) is 58.7 Å². The van der Waals surface area contributed by atoms with Crippen molar-refractivity contribution in [1.29, 1.82) is 0 Å². The molecule has 0 saturated heterocycles. The maximum absolute atomic E-state index is 4.52. The van der Waals surface area contributed by atoms with E-state index in [-0.39, 0.29) is 6.04 Å². The van der Waals surface area contributed by atoms with Crippen molar-refractivity contribution in [2.75, 3.05) is 6.54 Å². The summed E-state index contributed by atoms with van der Waals surface area (Å²) in [4.78, 5) is 8.88. The van der Waals surface area contributed by atoms with Crippen LogP contribution in [0.2, 0.25) is 0 Å². The maximum Gasteiger partial charge on any atom is 0.0801 e. The van der Waals surface area contributed by atoms with Crippen molar-refractivity contribution in [2.45, 2.75) is 33.7 Å². The molecule has 2 rings (SSSR count). The molecule has 0 radical (unpaired) electrons. The molecule has 0 aliphatic rings. The summed E-state index contributed by atoms with van der Waals surface area (Å²) in [6, 6.07) is 6.52. The van der Waals surface area contributed by atoms with E-state index in [1.165, 1.54) is 16.7 Å². The molecule has 0 aliphatic heterocycles. The molecule has 0 bridgehead atoms. The van der Waals surface area contributed by atoms with Gasteiger partial charge in [0.2, 0.25) is 0 Å². The summed E-state index contributed by atoms with van der Waals surface area (Å²) >= 11 is 0. The average Bonchev–Trinajstić information content (AvgIpc) is 2.41. The fourth-order valence-corrected chi connectivity index (χ4v) is 2.22. The number of aromatic nitrogens is 2. The Kier molecular flexibility index (Phi) is 4.27. The largest absolute Gasteiger partial charge is 0.305 e. The molecule has 19 heavy (non-hydrogen) atoms. The summed E-state index contributed by atoms with van der Waals surface area (Å²) < 4.78 is 0. The van der Waals surface area contributed by atoms with E-state index in [2.05, 4.69) is 54.3 Å². The first-order chi connectivity index (χ1) is 9.13. The van der Waals surface area contributed by atoms with Crippen molar-refractivity contribution in [3.8, 4) is 0 Å². The fourth-order valence-electron chi connectivity index (χ4n) is 2.22. The van der Waals surface area contributed by atoms with Crippen molar-refractivity contribution in [2.24, 2.45) is 0 Å². The molecular weight excluding hydrogens is 234 g/mol. The first-order valence-corrected chi connectivity index (χ1v) is 6.71. The van der Waals surface area contributed by atoms with Gasteiger partial charge in [0, 0.05) is 6.20 Å². The van der Waals surface area contributed by atoms with Crippen LogP contribution in [0.15, 0.2) is 30.6 Å². The van der Waals surface area contributed by atoms with E-state index in [4.69, 9.17) is 0 Å². The zero-order chi connectivity index (χ0) is 13.8. The van der Waals surface area contributed by atoms with Gasteiger partial charge in [0.1, 0.15) is 0 Å². The van der Waals surface area contributed by atoms with Gasteiger partial charge in [-0.15, -0.1) is 0 Å². The standard InChI is InChI=1S/C16H21N3/c1-5-17-16(15-10-18-12(3)9-19-15)14-8-6-7-11(2)13(14)4/h6-10,16-17H,5H2,1-4H3. The number of hydrogen-bond acceptors (Lipinski definition) is 3. The van der Waals surface area contributed by atoms with Crippen LogP contribution in [0.4, 0.5) is 0 Å². The van der Waals surface area contributed by atoms with E-state index in [1.54, 1.807) is 0 Å². The second kappa shape index (κ2) is 5.93. The summed E-state index contributed by atoms with van der Waals surface area (Å²) in [7, 11) is 0. The van der Waals surface area contributed by atoms with E-state index in [0.717, 1.165) is 17.9 Å². The smallest absolute Gasteiger partial charge is 0.0801 e. The molecule has 1 N–H and O–H groups in total. The molecule has 0 amide bonds. The lowest BCUT2D eigenvalue weighted by Crippen LogP contribution is -2.24. The van der Waals surface area contributed by atoms with Crippen LogP contribution in [0.5, 0.6) is 0 Å². The minimum absolute atomic E-state index is 0.109. The first-order valence-electron chi connectivity index (χ1n) is 6.71. The molecule has 3 heteroatoms. The van der Waals surface area contributed by atoms with Crippen molar-refractivity contribution < 1.29 is 0 Å². The molecule has 0 fully saturated rings. The predicted octanol–water partition coefficient (Wildman–Crippen LogP) is 3.10. The van der Waals surface area contributed by atoms with Crippen LogP contribution in [0, 0.1) is 20.8 Å². The van der Waals surface area contributed by atoms with Gasteiger partial charge in [-0.25, -0.2) is 0 Å². The van der Waals surface area contributed by atoms with Crippen LogP contribution in [0.1, 0.15) is 41.0 Å². The Balaban J connectivity index is 2.45. The van der Waals surface area contributed by atoms with Gasteiger partial charge in [0.25, 0.3) is 0 Å². The topological polar surface area (TPSA) is 37.8 Å². The summed E-state index contributed by atoms with van der Waals surface area (Å²) in [5.41, 5.74) is 5.82. The third-order valence-electron chi connectivity index (χ3n) is 3.46. The highest BCUT2D eigenvalue weighted by molar-refractivity contribution is 5.38. The molecule has 1 atom stereocenters. The quantitative estimate of drug-likeness (QED) is 0.912. The van der Waals surface area contributed by atoms with Crippen LogP contribution >= 0.6 is 0 Å². The van der Waals surface area contributed by atoms with Crippen LogP contribution in [0.3, 0.4) is 0 Å². The van der Waals surface area contributed by atoms with Crippen LogP contribution in [-0.4, -0.2) is 16.5 Å². The molecule has 1 unspecified atom stereocenters. The number of hydrogen-bond donors (Lipinski definition) is 1. The maximum atomic E-state index is 4.52. The van der Waals surface area contributed by atoms with Gasteiger partial charge in [0.15, 0.2) is 0 Å². The Morgan fingerprint density at radius 1 is 1.11 bits per heavy atom. The molecular formula is C16H21N3. The normalized spacial score (nSPS) is 12.4. The zero-order valence-electron chi connectivity index (χ0n) is 12.1. The molecule has 0 spiro atoms. The Morgan fingerprint density at radius 2 is 1.89 bits per heavy atom. The molecule has 3 nitrogen and oxygen atoms in total. The Bertz CT molecular complexity index is 546. The molecule has 0 aliphatic carbocycles. The Morgan fingerprint density at radius 3 is 2.53 bits per heavy atom. The van der Waals surface area contributed by atoms with Gasteiger partial charge >= 0.3 is 0 Å². The first kappa shape index (κ1) is 13.7. The average molecular weight is 255 g/mol. The second-order valence-corrected chi connectivity index (χ2v) is 4.86. The molecule has 2 aromatic rings. The minimum atomic E-state index is 0.109. The number of nitrogens with one attached hydrogen (secondary N) is 1. The minimum Gasteiger partial charge on any atom is -0.305 e. The van der Waals surface area contributed by atoms with Crippen LogP contribution in [-0.2, 0) is 0 Å². The van der Waals surface area contributed by atoms with E-state index < -0.39 is 0 Å². The third-order valence-corrected chi connectivity index (χ3v) is 3.46. The number of rotatable bonds is 4. The van der Waals surface area contributed by atoms with Gasteiger partial charge in [-0.05, 0) is 44.0 Å². The molecule has 0 saturated carbocycles. The van der Waals surface area contributed by atoms with Gasteiger partial charge in [-0.2, -0.15) is 0 Å². The number of nitrogens with zero attached hydrogens (tertiary/aromatic N) is 2. The SMILES string of the molecule is CCNC(c1cnc(C)cn1)c1cccc(C)c1C. The third kappa shape index (κ3) is 2.99. The highest BCUT2D eigenvalue weighted by Gasteiger charge is 2.17. The molecule has 1 aromatic carbocycles. The van der Waals surface area contributed by atoms with Crippen molar-refractivity contribution in [3.63, 3.8) is 0 Å². The monoisotopic (exact) mass is 255 g/mol. The summed E-state index contributed by atoms with van der Waals surface area (Å²) in [6.07, 6.45) is 3.69. The lowest BCUT2D eigenvalue weighted by molar-refractivity contribution is 0.609. The zero-order valence-corrected chi connectivity index (χ0v) is 12.1. The molecule has 1 heterocycles. The van der Waals surface area contributed by atoms with E-state index in [1.807, 2.05) is 19.3 Å². The fraction of sp³-hybridized carbons (Fsp3) is 0.375. The van der Waals surface area contributed by atoms with Gasteiger partial charge in [0.05, 0.1) is 23.6 Å². The summed E-state index contributed by atoms with van der Waals surface area (Å²) in [6.45, 7) is 9.27. The number of aryl methyl sites for hydroxylation is 2. The lowest BCUT2D eigenvalue weighted by atomic mass is 9.95. The molecule has 1 aromatic heterocycles. The van der Waals surface area contributed by atoms with Gasteiger partial charge in [-0.1, -0.05) is 25.1 Å². The van der Waals surface area contributed by atoms with Crippen molar-refractivity contribution >= 4 is 0 Å². The van der Waals surface area contributed by atoms with Crippen LogP contribution < -0.4 is 5.32 Å².